The van der Waals surface area contributed by atoms with Crippen molar-refractivity contribution in [1.29, 1.82) is 0 Å². The predicted molar refractivity (Wildman–Crippen MR) is 87.9 cm³/mol. The summed E-state index contributed by atoms with van der Waals surface area (Å²) in [5.74, 6) is -0.340. The van der Waals surface area contributed by atoms with E-state index < -0.39 is 0 Å². The monoisotopic (exact) mass is 312 g/mol. The fourth-order valence-electron chi connectivity index (χ4n) is 2.00. The number of benzene rings is 2. The van der Waals surface area contributed by atoms with Crippen molar-refractivity contribution < 1.29 is 14.3 Å². The lowest BCUT2D eigenvalue weighted by atomic mass is 10.1. The van der Waals surface area contributed by atoms with Crippen LogP contribution in [-0.2, 0) is 17.8 Å². The van der Waals surface area contributed by atoms with Gasteiger partial charge in [0.2, 0.25) is 0 Å². The summed E-state index contributed by atoms with van der Waals surface area (Å²) in [6, 6.07) is 16.4. The molecule has 0 saturated heterocycles. The molecule has 0 aromatic heterocycles. The average Bonchev–Trinajstić information content (AvgIpc) is 2.59. The van der Waals surface area contributed by atoms with E-state index in [0.29, 0.717) is 25.3 Å². The molecule has 2 aromatic rings. The maximum atomic E-state index is 11.8. The van der Waals surface area contributed by atoms with Crippen LogP contribution in [0.25, 0.3) is 0 Å². The SMILES string of the molecule is CCOC(=O)c1ccc(CNC(=O)NCc2ccccc2)cc1. The minimum absolute atomic E-state index is 0.233. The molecule has 0 aliphatic rings. The van der Waals surface area contributed by atoms with Gasteiger partial charge in [-0.1, -0.05) is 42.5 Å². The van der Waals surface area contributed by atoms with Crippen LogP contribution in [0.5, 0.6) is 0 Å². The van der Waals surface area contributed by atoms with Crippen LogP contribution in [0, 0.1) is 0 Å². The predicted octanol–water partition coefficient (Wildman–Crippen LogP) is 2.86. The van der Waals surface area contributed by atoms with Crippen LogP contribution in [0.4, 0.5) is 4.79 Å². The van der Waals surface area contributed by atoms with Gasteiger partial charge in [0.25, 0.3) is 0 Å². The molecule has 0 bridgehead atoms. The van der Waals surface area contributed by atoms with Crippen LogP contribution in [0.1, 0.15) is 28.4 Å². The third-order valence-electron chi connectivity index (χ3n) is 3.21. The van der Waals surface area contributed by atoms with E-state index in [0.717, 1.165) is 11.1 Å². The van der Waals surface area contributed by atoms with Gasteiger partial charge in [0.1, 0.15) is 0 Å². The molecular weight excluding hydrogens is 292 g/mol. The number of rotatable bonds is 6. The Kier molecular flexibility index (Phi) is 6.17. The van der Waals surface area contributed by atoms with Crippen LogP contribution in [0.3, 0.4) is 0 Å². The maximum absolute atomic E-state index is 11.8. The highest BCUT2D eigenvalue weighted by Crippen LogP contribution is 2.06. The first-order valence-electron chi connectivity index (χ1n) is 7.50. The molecular formula is C18H20N2O3. The van der Waals surface area contributed by atoms with Crippen LogP contribution in [0.15, 0.2) is 54.6 Å². The summed E-state index contributed by atoms with van der Waals surface area (Å²) in [4.78, 5) is 23.3. The van der Waals surface area contributed by atoms with Gasteiger partial charge in [-0.05, 0) is 30.2 Å². The second kappa shape index (κ2) is 8.58. The van der Waals surface area contributed by atoms with Crippen LogP contribution >= 0.6 is 0 Å². The standard InChI is InChI=1S/C18H20N2O3/c1-2-23-17(21)16-10-8-15(9-11-16)13-20-18(22)19-12-14-6-4-3-5-7-14/h3-11H,2,12-13H2,1H3,(H2,19,20,22). The summed E-state index contributed by atoms with van der Waals surface area (Å²) >= 11 is 0. The van der Waals surface area contributed by atoms with Crippen molar-refractivity contribution >= 4 is 12.0 Å². The molecule has 23 heavy (non-hydrogen) atoms. The number of urea groups is 1. The van der Waals surface area contributed by atoms with Crippen molar-refractivity contribution in [2.24, 2.45) is 0 Å². The van der Waals surface area contributed by atoms with E-state index in [2.05, 4.69) is 10.6 Å². The average molecular weight is 312 g/mol. The molecule has 0 aliphatic heterocycles. The second-order valence-corrected chi connectivity index (χ2v) is 4.94. The molecule has 5 nitrogen and oxygen atoms in total. The summed E-state index contributed by atoms with van der Waals surface area (Å²) < 4.78 is 4.92. The van der Waals surface area contributed by atoms with E-state index in [4.69, 9.17) is 4.74 Å². The van der Waals surface area contributed by atoms with Gasteiger partial charge in [-0.2, -0.15) is 0 Å². The van der Waals surface area contributed by atoms with Crippen molar-refractivity contribution in [2.45, 2.75) is 20.0 Å². The Bertz CT molecular complexity index is 639. The number of carbonyl (C=O) groups is 2. The van der Waals surface area contributed by atoms with E-state index in [1.807, 2.05) is 30.3 Å². The molecule has 2 rings (SSSR count). The Morgan fingerprint density at radius 1 is 0.870 bits per heavy atom. The molecule has 0 saturated carbocycles. The lowest BCUT2D eigenvalue weighted by molar-refractivity contribution is 0.0526. The summed E-state index contributed by atoms with van der Waals surface area (Å²) in [7, 11) is 0. The number of esters is 1. The minimum Gasteiger partial charge on any atom is -0.462 e. The molecule has 0 heterocycles. The Morgan fingerprint density at radius 2 is 1.43 bits per heavy atom. The van der Waals surface area contributed by atoms with Gasteiger partial charge in [0, 0.05) is 13.1 Å². The van der Waals surface area contributed by atoms with Gasteiger partial charge in [-0.3, -0.25) is 0 Å². The van der Waals surface area contributed by atoms with Crippen molar-refractivity contribution in [2.75, 3.05) is 6.61 Å². The van der Waals surface area contributed by atoms with E-state index in [-0.39, 0.29) is 12.0 Å². The quantitative estimate of drug-likeness (QED) is 0.806. The van der Waals surface area contributed by atoms with Gasteiger partial charge >= 0.3 is 12.0 Å². The number of amides is 2. The zero-order valence-corrected chi connectivity index (χ0v) is 13.0. The number of hydrogen-bond acceptors (Lipinski definition) is 3. The highest BCUT2D eigenvalue weighted by molar-refractivity contribution is 5.89. The molecule has 0 aliphatic carbocycles. The number of ether oxygens (including phenoxy) is 1. The number of carbonyl (C=O) groups excluding carboxylic acids is 2. The van der Waals surface area contributed by atoms with Crippen molar-refractivity contribution in [3.63, 3.8) is 0 Å². The molecule has 0 atom stereocenters. The Labute approximate surface area is 135 Å². The zero-order valence-electron chi connectivity index (χ0n) is 13.0. The fraction of sp³-hybridized carbons (Fsp3) is 0.222. The van der Waals surface area contributed by atoms with Crippen molar-refractivity contribution in [3.05, 3.63) is 71.3 Å². The van der Waals surface area contributed by atoms with E-state index in [1.165, 1.54) is 0 Å². The molecule has 0 fully saturated rings. The molecule has 0 spiro atoms. The smallest absolute Gasteiger partial charge is 0.338 e. The van der Waals surface area contributed by atoms with E-state index >= 15 is 0 Å². The molecule has 2 amide bonds. The lowest BCUT2D eigenvalue weighted by Gasteiger charge is -2.08. The van der Waals surface area contributed by atoms with Gasteiger partial charge in [-0.25, -0.2) is 9.59 Å². The van der Waals surface area contributed by atoms with Crippen LogP contribution < -0.4 is 10.6 Å². The normalized spacial score (nSPS) is 9.96. The van der Waals surface area contributed by atoms with Gasteiger partial charge in [0.05, 0.1) is 12.2 Å². The first-order chi connectivity index (χ1) is 11.2. The summed E-state index contributed by atoms with van der Waals surface area (Å²) in [6.45, 7) is 2.99. The highest BCUT2D eigenvalue weighted by atomic mass is 16.5. The largest absolute Gasteiger partial charge is 0.462 e. The van der Waals surface area contributed by atoms with Gasteiger partial charge < -0.3 is 15.4 Å². The first kappa shape index (κ1) is 16.5. The Morgan fingerprint density at radius 3 is 2.00 bits per heavy atom. The summed E-state index contributed by atoms with van der Waals surface area (Å²) in [5.41, 5.74) is 2.46. The van der Waals surface area contributed by atoms with Gasteiger partial charge in [0.15, 0.2) is 0 Å². The summed E-state index contributed by atoms with van der Waals surface area (Å²) in [5, 5.41) is 5.57. The zero-order chi connectivity index (χ0) is 16.5. The fourth-order valence-corrected chi connectivity index (χ4v) is 2.00. The molecule has 0 radical (unpaired) electrons. The van der Waals surface area contributed by atoms with E-state index in [1.54, 1.807) is 31.2 Å². The topological polar surface area (TPSA) is 67.4 Å². The van der Waals surface area contributed by atoms with Gasteiger partial charge in [-0.15, -0.1) is 0 Å². The van der Waals surface area contributed by atoms with E-state index in [9.17, 15) is 9.59 Å². The lowest BCUT2D eigenvalue weighted by Crippen LogP contribution is -2.34. The molecule has 5 heteroatoms. The third-order valence-corrected chi connectivity index (χ3v) is 3.21. The maximum Gasteiger partial charge on any atom is 0.338 e. The van der Waals surface area contributed by atoms with Crippen molar-refractivity contribution in [3.8, 4) is 0 Å². The summed E-state index contributed by atoms with van der Waals surface area (Å²) in [6.07, 6.45) is 0. The number of nitrogens with one attached hydrogen (secondary N) is 2. The Balaban J connectivity index is 1.77. The third kappa shape index (κ3) is 5.47. The number of hydrogen-bond donors (Lipinski definition) is 2. The van der Waals surface area contributed by atoms with Crippen molar-refractivity contribution in [1.82, 2.24) is 10.6 Å². The molecule has 2 aromatic carbocycles. The molecule has 2 N–H and O–H groups in total. The van der Waals surface area contributed by atoms with Crippen LogP contribution in [-0.4, -0.2) is 18.6 Å². The Hall–Kier alpha value is -2.82. The van der Waals surface area contributed by atoms with Crippen LogP contribution in [0.2, 0.25) is 0 Å². The first-order valence-corrected chi connectivity index (χ1v) is 7.50. The second-order valence-electron chi connectivity index (χ2n) is 4.94. The molecule has 0 unspecified atom stereocenters. The highest BCUT2D eigenvalue weighted by Gasteiger charge is 2.06. The molecule has 120 valence electrons. The minimum atomic E-state index is -0.340.